The number of pyridine rings is 1. The lowest BCUT2D eigenvalue weighted by atomic mass is 9.89. The van der Waals surface area contributed by atoms with Gasteiger partial charge in [-0.2, -0.15) is 5.10 Å². The summed E-state index contributed by atoms with van der Waals surface area (Å²) in [6.07, 6.45) is 6.15. The maximum absolute atomic E-state index is 13.3. The van der Waals surface area contributed by atoms with Crippen molar-refractivity contribution in [1.29, 1.82) is 0 Å². The van der Waals surface area contributed by atoms with E-state index in [-0.39, 0.29) is 17.9 Å². The second-order valence-corrected chi connectivity index (χ2v) is 10.1. The maximum atomic E-state index is 13.3. The minimum absolute atomic E-state index is 0.124. The van der Waals surface area contributed by atoms with Crippen LogP contribution < -0.4 is 15.6 Å². The number of aryl methyl sites for hydroxylation is 1. The molecule has 35 heavy (non-hydrogen) atoms. The Morgan fingerprint density at radius 3 is 2.51 bits per heavy atom. The number of nitrogens with one attached hydrogen (secondary N) is 2. The molecule has 4 rings (SSSR count). The van der Waals surface area contributed by atoms with Gasteiger partial charge < -0.3 is 15.1 Å². The lowest BCUT2D eigenvalue weighted by molar-refractivity contribution is 0.0950. The van der Waals surface area contributed by atoms with Crippen molar-refractivity contribution >= 4 is 28.7 Å². The zero-order valence-corrected chi connectivity index (χ0v) is 21.9. The number of rotatable bonds is 7. The molecule has 1 amide bonds. The number of H-pyrrole nitrogens is 1. The van der Waals surface area contributed by atoms with Crippen LogP contribution in [0.15, 0.2) is 29.2 Å². The van der Waals surface area contributed by atoms with E-state index in [9.17, 15) is 9.59 Å². The molecule has 9 heteroatoms. The predicted molar refractivity (Wildman–Crippen MR) is 141 cm³/mol. The fourth-order valence-corrected chi connectivity index (χ4v) is 5.58. The van der Waals surface area contributed by atoms with E-state index in [1.807, 2.05) is 19.9 Å². The van der Waals surface area contributed by atoms with Gasteiger partial charge in [0, 0.05) is 58.8 Å². The summed E-state index contributed by atoms with van der Waals surface area (Å²) in [5, 5.41) is 10.3. The minimum Gasteiger partial charge on any atom is -0.369 e. The molecule has 188 valence electrons. The van der Waals surface area contributed by atoms with Crippen molar-refractivity contribution in [2.24, 2.45) is 0 Å². The summed E-state index contributed by atoms with van der Waals surface area (Å²) in [7, 11) is 4.30. The van der Waals surface area contributed by atoms with E-state index in [4.69, 9.17) is 11.6 Å². The number of hydrogen-bond acceptors (Lipinski definition) is 5. The molecule has 1 fully saturated rings. The molecule has 2 heterocycles. The van der Waals surface area contributed by atoms with Gasteiger partial charge in [-0.15, -0.1) is 0 Å². The van der Waals surface area contributed by atoms with E-state index in [0.29, 0.717) is 33.7 Å². The molecule has 0 unspecified atom stereocenters. The summed E-state index contributed by atoms with van der Waals surface area (Å²) < 4.78 is 1.73. The molecule has 2 N–H and O–H groups in total. The van der Waals surface area contributed by atoms with Crippen molar-refractivity contribution in [2.45, 2.75) is 65.1 Å². The van der Waals surface area contributed by atoms with Crippen molar-refractivity contribution in [3.8, 4) is 0 Å². The van der Waals surface area contributed by atoms with E-state index in [1.54, 1.807) is 16.8 Å². The third-order valence-corrected chi connectivity index (χ3v) is 7.68. The molecule has 1 aliphatic carbocycles. The van der Waals surface area contributed by atoms with Gasteiger partial charge >= 0.3 is 0 Å². The van der Waals surface area contributed by atoms with E-state index in [0.717, 1.165) is 49.2 Å². The first-order valence-electron chi connectivity index (χ1n) is 12.3. The van der Waals surface area contributed by atoms with Crippen LogP contribution in [0.2, 0.25) is 5.02 Å². The zero-order valence-electron chi connectivity index (χ0n) is 21.2. The van der Waals surface area contributed by atoms with Crippen LogP contribution in [0, 0.1) is 13.8 Å². The smallest absolute Gasteiger partial charge is 0.251 e. The number of benzene rings is 1. The van der Waals surface area contributed by atoms with Crippen molar-refractivity contribution in [1.82, 2.24) is 25.0 Å². The summed E-state index contributed by atoms with van der Waals surface area (Å²) in [5.41, 5.74) is 4.25. The third-order valence-electron chi connectivity index (χ3n) is 7.46. The Morgan fingerprint density at radius 1 is 1.17 bits per heavy atom. The van der Waals surface area contributed by atoms with E-state index >= 15 is 0 Å². The number of amides is 1. The molecule has 0 aliphatic heterocycles. The van der Waals surface area contributed by atoms with Crippen LogP contribution >= 0.6 is 11.6 Å². The Labute approximate surface area is 211 Å². The van der Waals surface area contributed by atoms with Gasteiger partial charge in [0.1, 0.15) is 0 Å². The third kappa shape index (κ3) is 5.09. The van der Waals surface area contributed by atoms with E-state index in [2.05, 4.69) is 46.4 Å². The SMILES string of the molecule is CCN(c1cc(Cl)cc(C(=O)NCc2c(C)n3[nH]ncc3cc2=O)c1C)[C@H]1CC[C@H](N(C)C)CC1. The Kier molecular flexibility index (Phi) is 7.52. The number of hydrogen-bond donors (Lipinski definition) is 2. The first-order chi connectivity index (χ1) is 16.7. The molecule has 1 saturated carbocycles. The van der Waals surface area contributed by atoms with Gasteiger partial charge in [-0.25, -0.2) is 9.73 Å². The number of aromatic nitrogens is 3. The van der Waals surface area contributed by atoms with Gasteiger partial charge in [0.2, 0.25) is 0 Å². The molecule has 0 saturated heterocycles. The van der Waals surface area contributed by atoms with Crippen molar-refractivity contribution in [3.05, 3.63) is 62.0 Å². The van der Waals surface area contributed by atoms with Gasteiger partial charge in [-0.3, -0.25) is 9.59 Å². The Bertz CT molecular complexity index is 1270. The second-order valence-electron chi connectivity index (χ2n) is 9.68. The zero-order chi connectivity index (χ0) is 25.3. The van der Waals surface area contributed by atoms with Gasteiger partial charge in [-0.1, -0.05) is 11.6 Å². The fraction of sp³-hybridized carbons (Fsp3) is 0.500. The van der Waals surface area contributed by atoms with E-state index < -0.39 is 0 Å². The molecule has 0 atom stereocenters. The van der Waals surface area contributed by atoms with Crippen LogP contribution in [-0.2, 0) is 6.54 Å². The number of carbonyl (C=O) groups is 1. The predicted octanol–water partition coefficient (Wildman–Crippen LogP) is 3.92. The topological polar surface area (TPSA) is 85.7 Å². The van der Waals surface area contributed by atoms with Crippen LogP contribution in [0.1, 0.15) is 59.8 Å². The molecular formula is C26H35ClN6O2. The minimum atomic E-state index is -0.243. The summed E-state index contributed by atoms with van der Waals surface area (Å²) in [6.45, 7) is 6.94. The Hall–Kier alpha value is -2.84. The highest BCUT2D eigenvalue weighted by Crippen LogP contribution is 2.34. The average Bonchev–Trinajstić information content (AvgIpc) is 3.30. The maximum Gasteiger partial charge on any atom is 0.251 e. The molecule has 2 aromatic heterocycles. The molecule has 0 radical (unpaired) electrons. The van der Waals surface area contributed by atoms with Gasteiger partial charge in [0.25, 0.3) is 5.91 Å². The van der Waals surface area contributed by atoms with Crippen LogP contribution in [0.5, 0.6) is 0 Å². The number of carbonyl (C=O) groups excluding carboxylic acids is 1. The second kappa shape index (κ2) is 10.4. The molecule has 3 aromatic rings. The van der Waals surface area contributed by atoms with Crippen molar-refractivity contribution < 1.29 is 4.79 Å². The number of nitrogens with zero attached hydrogens (tertiary/aromatic N) is 4. The number of halogens is 1. The van der Waals surface area contributed by atoms with Gasteiger partial charge in [0.05, 0.1) is 11.7 Å². The van der Waals surface area contributed by atoms with Crippen LogP contribution in [0.4, 0.5) is 5.69 Å². The molecular weight excluding hydrogens is 464 g/mol. The van der Waals surface area contributed by atoms with Crippen LogP contribution in [-0.4, -0.2) is 58.4 Å². The molecule has 1 aliphatic rings. The van der Waals surface area contributed by atoms with E-state index in [1.165, 1.54) is 6.07 Å². The van der Waals surface area contributed by atoms with Gasteiger partial charge in [0.15, 0.2) is 5.43 Å². The number of fused-ring (bicyclic) bond motifs is 1. The molecule has 0 spiro atoms. The number of aromatic amines is 1. The Morgan fingerprint density at radius 2 is 1.86 bits per heavy atom. The molecule has 0 bridgehead atoms. The lowest BCUT2D eigenvalue weighted by Gasteiger charge is -2.40. The molecule has 1 aromatic carbocycles. The monoisotopic (exact) mass is 498 g/mol. The largest absolute Gasteiger partial charge is 0.369 e. The standard InChI is InChI=1S/C26H35ClN6O2/c1-6-32(20-9-7-19(8-10-20)31(4)5)24-12-18(27)11-22(16(24)2)26(35)28-15-23-17(3)33-21(13-25(23)34)14-29-30-33/h11-14,19-20,30H,6-10,15H2,1-5H3,(H,28,35)/t19-,20-. The van der Waals surface area contributed by atoms with Gasteiger partial charge in [-0.05, 0) is 78.2 Å². The summed E-state index contributed by atoms with van der Waals surface area (Å²) in [6, 6.07) is 6.25. The lowest BCUT2D eigenvalue weighted by Crippen LogP contribution is -2.42. The molecule has 8 nitrogen and oxygen atoms in total. The Balaban J connectivity index is 1.55. The average molecular weight is 499 g/mol. The van der Waals surface area contributed by atoms with Crippen LogP contribution in [0.3, 0.4) is 0 Å². The van der Waals surface area contributed by atoms with Crippen LogP contribution in [0.25, 0.3) is 5.52 Å². The quantitative estimate of drug-likeness (QED) is 0.515. The van der Waals surface area contributed by atoms with Crippen molar-refractivity contribution in [3.63, 3.8) is 0 Å². The fourth-order valence-electron chi connectivity index (χ4n) is 5.36. The number of anilines is 1. The highest BCUT2D eigenvalue weighted by Gasteiger charge is 2.28. The summed E-state index contributed by atoms with van der Waals surface area (Å²) >= 11 is 6.51. The van der Waals surface area contributed by atoms with Crippen molar-refractivity contribution in [2.75, 3.05) is 25.5 Å². The first kappa shape index (κ1) is 25.3. The highest BCUT2D eigenvalue weighted by molar-refractivity contribution is 6.31. The normalized spacial score (nSPS) is 18.3. The first-order valence-corrected chi connectivity index (χ1v) is 12.6. The summed E-state index contributed by atoms with van der Waals surface area (Å²) in [5.74, 6) is -0.243. The summed E-state index contributed by atoms with van der Waals surface area (Å²) in [4.78, 5) is 30.6. The highest BCUT2D eigenvalue weighted by atomic mass is 35.5.